The molecule has 9 heavy (non-hydrogen) atoms. The van der Waals surface area contributed by atoms with Gasteiger partial charge in [0.05, 0.1) is 0 Å². The van der Waals surface area contributed by atoms with Crippen LogP contribution in [0.4, 0.5) is 0 Å². The van der Waals surface area contributed by atoms with Crippen LogP contribution in [0.2, 0.25) is 0 Å². The Hall–Kier alpha value is -1.11. The van der Waals surface area contributed by atoms with Gasteiger partial charge in [-0.2, -0.15) is 0 Å². The monoisotopic (exact) mass is 120 g/mol. The summed E-state index contributed by atoms with van der Waals surface area (Å²) in [7, 11) is 0. The van der Waals surface area contributed by atoms with Gasteiger partial charge in [-0.15, -0.1) is 0 Å². The fourth-order valence-electron chi connectivity index (χ4n) is 0.758. The van der Waals surface area contributed by atoms with Crippen LogP contribution < -0.4 is 0 Å². The number of carbonyl (C=O) groups is 1. The minimum absolute atomic E-state index is 0.00231. The van der Waals surface area contributed by atoms with Crippen molar-refractivity contribution in [2.75, 3.05) is 0 Å². The minimum Gasteiger partial charge on any atom is -0.289 e. The van der Waals surface area contributed by atoms with E-state index in [-0.39, 0.29) is 5.78 Å². The molecule has 0 saturated carbocycles. The van der Waals surface area contributed by atoms with Gasteiger partial charge < -0.3 is 0 Å². The lowest BCUT2D eigenvalue weighted by atomic mass is 10.1. The first-order valence-corrected chi connectivity index (χ1v) is 2.74. The van der Waals surface area contributed by atoms with Crippen molar-refractivity contribution < 1.29 is 4.79 Å². The molecule has 0 aliphatic heterocycles. The molecule has 0 unspecified atom stereocenters. The highest BCUT2D eigenvalue weighted by Gasteiger charge is 2.16. The summed E-state index contributed by atoms with van der Waals surface area (Å²) in [4.78, 5) is 10.8. The van der Waals surface area contributed by atoms with Crippen molar-refractivity contribution in [3.8, 4) is 0 Å². The highest BCUT2D eigenvalue weighted by molar-refractivity contribution is 6.12. The molecular weight excluding hydrogens is 112 g/mol. The maximum absolute atomic E-state index is 10.8. The predicted octanol–water partition coefficient (Wildman–Crippen LogP) is 1.63. The van der Waals surface area contributed by atoms with E-state index in [2.05, 4.69) is 13.2 Å². The van der Waals surface area contributed by atoms with Crippen molar-refractivity contribution in [3.05, 3.63) is 36.0 Å². The summed E-state index contributed by atoms with van der Waals surface area (Å²) in [6.45, 7) is 9.10. The fourth-order valence-corrected chi connectivity index (χ4v) is 0.758. The lowest BCUT2D eigenvalue weighted by molar-refractivity contribution is -0.110. The molecule has 0 amide bonds. The molecule has 0 bridgehead atoms. The van der Waals surface area contributed by atoms with Crippen LogP contribution in [0.5, 0.6) is 0 Å². The number of carbonyl (C=O) groups excluding carboxylic acids is 1. The molecule has 0 heterocycles. The third kappa shape index (κ3) is 0.743. The van der Waals surface area contributed by atoms with Crippen LogP contribution in [0, 0.1) is 0 Å². The quantitative estimate of drug-likeness (QED) is 0.444. The number of rotatable bonds is 0. The number of hydrogen-bond donors (Lipinski definition) is 0. The summed E-state index contributed by atoms with van der Waals surface area (Å²) >= 11 is 0. The first-order valence-electron chi connectivity index (χ1n) is 2.74. The molecule has 0 radical (unpaired) electrons. The molecule has 46 valence electrons. The molecule has 0 N–H and O–H groups in total. The smallest absolute Gasteiger partial charge is 0.186 e. The van der Waals surface area contributed by atoms with Crippen LogP contribution in [0.1, 0.15) is 6.92 Å². The lowest BCUT2D eigenvalue weighted by Gasteiger charge is -1.92. The van der Waals surface area contributed by atoms with Crippen LogP contribution >= 0.6 is 0 Å². The Labute approximate surface area is 54.4 Å². The van der Waals surface area contributed by atoms with Gasteiger partial charge in [-0.3, -0.25) is 4.79 Å². The van der Waals surface area contributed by atoms with Crippen LogP contribution in [-0.4, -0.2) is 5.78 Å². The zero-order chi connectivity index (χ0) is 7.02. The van der Waals surface area contributed by atoms with Crippen LogP contribution in [0.15, 0.2) is 36.0 Å². The van der Waals surface area contributed by atoms with E-state index < -0.39 is 0 Å². The van der Waals surface area contributed by atoms with Crippen molar-refractivity contribution in [1.82, 2.24) is 0 Å². The molecular formula is C8H8O. The second-order valence-corrected chi connectivity index (χ2v) is 2.15. The Bertz CT molecular complexity index is 231. The zero-order valence-corrected chi connectivity index (χ0v) is 5.40. The van der Waals surface area contributed by atoms with E-state index in [1.54, 1.807) is 6.08 Å². The van der Waals surface area contributed by atoms with Gasteiger partial charge in [-0.05, 0) is 24.1 Å². The lowest BCUT2D eigenvalue weighted by Crippen LogP contribution is -1.88. The van der Waals surface area contributed by atoms with E-state index in [0.717, 1.165) is 11.1 Å². The molecule has 1 nitrogen and oxygen atoms in total. The van der Waals surface area contributed by atoms with E-state index in [4.69, 9.17) is 0 Å². The average Bonchev–Trinajstić information content (AvgIpc) is 1.98. The van der Waals surface area contributed by atoms with Crippen molar-refractivity contribution in [2.24, 2.45) is 0 Å². The zero-order valence-electron chi connectivity index (χ0n) is 5.40. The minimum atomic E-state index is -0.00231. The van der Waals surface area contributed by atoms with Crippen LogP contribution in [-0.2, 0) is 4.79 Å². The van der Waals surface area contributed by atoms with E-state index >= 15 is 0 Å². The highest BCUT2D eigenvalue weighted by Crippen LogP contribution is 2.23. The Morgan fingerprint density at radius 2 is 1.89 bits per heavy atom. The molecule has 0 saturated heterocycles. The summed E-state index contributed by atoms with van der Waals surface area (Å²) in [6, 6.07) is 0. The summed E-state index contributed by atoms with van der Waals surface area (Å²) in [5, 5.41) is 0. The molecule has 0 aromatic rings. The van der Waals surface area contributed by atoms with Gasteiger partial charge in [0.15, 0.2) is 5.78 Å². The van der Waals surface area contributed by atoms with Gasteiger partial charge in [-0.1, -0.05) is 13.2 Å². The fraction of sp³-hybridized carbons (Fsp3) is 0.125. The number of ketones is 1. The molecule has 0 aromatic heterocycles. The molecule has 1 rings (SSSR count). The highest BCUT2D eigenvalue weighted by atomic mass is 16.1. The van der Waals surface area contributed by atoms with Gasteiger partial charge in [0.2, 0.25) is 0 Å². The first-order chi connectivity index (χ1) is 4.13. The molecule has 0 aromatic carbocycles. The van der Waals surface area contributed by atoms with Crippen LogP contribution in [0.3, 0.4) is 0 Å². The Morgan fingerprint density at radius 3 is 2.00 bits per heavy atom. The van der Waals surface area contributed by atoms with Crippen molar-refractivity contribution in [2.45, 2.75) is 6.92 Å². The summed E-state index contributed by atoms with van der Waals surface area (Å²) in [5.74, 6) is -0.00231. The second kappa shape index (κ2) is 1.69. The van der Waals surface area contributed by atoms with Gasteiger partial charge >= 0.3 is 0 Å². The third-order valence-electron chi connectivity index (χ3n) is 1.49. The van der Waals surface area contributed by atoms with Crippen molar-refractivity contribution in [1.29, 1.82) is 0 Å². The van der Waals surface area contributed by atoms with E-state index in [9.17, 15) is 4.79 Å². The standard InChI is InChI=1S/C8H8O/c1-5-4-8(9)7(3)6(5)2/h4H,2-3H2,1H3. The molecule has 0 atom stereocenters. The van der Waals surface area contributed by atoms with Gasteiger partial charge in [-0.25, -0.2) is 0 Å². The number of allylic oxidation sites excluding steroid dienone is 4. The molecule has 0 fully saturated rings. The normalized spacial score (nSPS) is 18.8. The Kier molecular flexibility index (Phi) is 1.13. The molecule has 1 aliphatic rings. The maximum atomic E-state index is 10.8. The summed E-state index contributed by atoms with van der Waals surface area (Å²) < 4.78 is 0. The summed E-state index contributed by atoms with van der Waals surface area (Å²) in [6.07, 6.45) is 1.56. The third-order valence-corrected chi connectivity index (χ3v) is 1.49. The van der Waals surface area contributed by atoms with E-state index in [1.165, 1.54) is 0 Å². The Balaban J connectivity index is 3.09. The van der Waals surface area contributed by atoms with E-state index in [0.29, 0.717) is 5.57 Å². The molecule has 1 heteroatoms. The summed E-state index contributed by atoms with van der Waals surface area (Å²) in [5.41, 5.74) is 2.25. The van der Waals surface area contributed by atoms with Gasteiger partial charge in [0.1, 0.15) is 0 Å². The molecule has 1 aliphatic carbocycles. The van der Waals surface area contributed by atoms with Crippen molar-refractivity contribution >= 4 is 5.78 Å². The molecule has 0 spiro atoms. The first kappa shape index (κ1) is 6.02. The van der Waals surface area contributed by atoms with Gasteiger partial charge in [0, 0.05) is 5.57 Å². The van der Waals surface area contributed by atoms with Crippen LogP contribution in [0.25, 0.3) is 0 Å². The number of hydrogen-bond acceptors (Lipinski definition) is 1. The van der Waals surface area contributed by atoms with E-state index in [1.807, 2.05) is 6.92 Å². The predicted molar refractivity (Wildman–Crippen MR) is 37.0 cm³/mol. The maximum Gasteiger partial charge on any atom is 0.186 e. The average molecular weight is 120 g/mol. The second-order valence-electron chi connectivity index (χ2n) is 2.15. The Morgan fingerprint density at radius 1 is 1.33 bits per heavy atom. The topological polar surface area (TPSA) is 17.1 Å². The van der Waals surface area contributed by atoms with Gasteiger partial charge in [0.25, 0.3) is 0 Å². The SMILES string of the molecule is C=C1C(=C)C(C)=CC1=O. The largest absolute Gasteiger partial charge is 0.289 e. The van der Waals surface area contributed by atoms with Crippen molar-refractivity contribution in [3.63, 3.8) is 0 Å².